The highest BCUT2D eigenvalue weighted by atomic mass is 19.3. The Morgan fingerprint density at radius 3 is 2.70 bits per heavy atom. The second-order valence-corrected chi connectivity index (χ2v) is 5.58. The summed E-state index contributed by atoms with van der Waals surface area (Å²) in [6.45, 7) is 0.879. The Bertz CT molecular complexity index is 715. The third-order valence-electron chi connectivity index (χ3n) is 3.69. The third-order valence-corrected chi connectivity index (χ3v) is 3.69. The van der Waals surface area contributed by atoms with E-state index in [1.807, 2.05) is 0 Å². The van der Waals surface area contributed by atoms with Gasteiger partial charge in [0.2, 0.25) is 11.8 Å². The van der Waals surface area contributed by atoms with Gasteiger partial charge in [0.15, 0.2) is 5.82 Å². The molecular formula is C15H14F3N3O2. The van der Waals surface area contributed by atoms with Crippen molar-refractivity contribution in [3.05, 3.63) is 47.4 Å². The first-order valence-electron chi connectivity index (χ1n) is 7.06. The Kier molecular flexibility index (Phi) is 3.83. The van der Waals surface area contributed by atoms with Crippen LogP contribution in [0.4, 0.5) is 13.2 Å². The van der Waals surface area contributed by atoms with Gasteiger partial charge < -0.3 is 9.42 Å². The number of aryl methyl sites for hydroxylation is 1. The lowest BCUT2D eigenvalue weighted by atomic mass is 10.1. The number of carbonyl (C=O) groups is 1. The van der Waals surface area contributed by atoms with Gasteiger partial charge in [-0.3, -0.25) is 4.79 Å². The molecule has 0 radical (unpaired) electrons. The number of hydrogen-bond donors (Lipinski definition) is 0. The molecule has 1 aromatic carbocycles. The first-order chi connectivity index (χ1) is 10.8. The first-order valence-corrected chi connectivity index (χ1v) is 7.06. The smallest absolute Gasteiger partial charge is 0.267 e. The van der Waals surface area contributed by atoms with Crippen molar-refractivity contribution < 1.29 is 22.5 Å². The summed E-state index contributed by atoms with van der Waals surface area (Å²) in [5.74, 6) is -3.60. The Morgan fingerprint density at radius 1 is 1.39 bits per heavy atom. The molecule has 1 saturated heterocycles. The fourth-order valence-electron chi connectivity index (χ4n) is 2.63. The van der Waals surface area contributed by atoms with Gasteiger partial charge in [-0.25, -0.2) is 13.2 Å². The van der Waals surface area contributed by atoms with Crippen molar-refractivity contribution in [2.75, 3.05) is 6.54 Å². The number of likely N-dealkylation sites (tertiary alicyclic amines) is 1. The summed E-state index contributed by atoms with van der Waals surface area (Å²) in [6, 6.07) is 4.40. The van der Waals surface area contributed by atoms with Crippen LogP contribution in [0.5, 0.6) is 0 Å². The number of benzene rings is 1. The molecule has 23 heavy (non-hydrogen) atoms. The van der Waals surface area contributed by atoms with Crippen LogP contribution in [0, 0.1) is 12.7 Å². The second-order valence-electron chi connectivity index (χ2n) is 5.58. The molecule has 0 unspecified atom stereocenters. The second kappa shape index (κ2) is 5.68. The van der Waals surface area contributed by atoms with E-state index in [1.54, 1.807) is 6.92 Å². The number of nitrogens with zero attached hydrogens (tertiary/aromatic N) is 3. The van der Waals surface area contributed by atoms with E-state index in [4.69, 9.17) is 4.52 Å². The molecule has 1 aliphatic heterocycles. The zero-order valence-corrected chi connectivity index (χ0v) is 12.3. The van der Waals surface area contributed by atoms with Crippen molar-refractivity contribution >= 4 is 5.91 Å². The summed E-state index contributed by atoms with van der Waals surface area (Å²) in [4.78, 5) is 17.4. The molecule has 3 rings (SSSR count). The van der Waals surface area contributed by atoms with Gasteiger partial charge in [0, 0.05) is 6.42 Å². The van der Waals surface area contributed by atoms with Gasteiger partial charge in [0.25, 0.3) is 5.92 Å². The topological polar surface area (TPSA) is 59.2 Å². The molecule has 2 aromatic rings. The molecule has 0 bridgehead atoms. The average Bonchev–Trinajstić information content (AvgIpc) is 3.04. The number of alkyl halides is 2. The van der Waals surface area contributed by atoms with Gasteiger partial charge >= 0.3 is 0 Å². The standard InChI is InChI=1S/C15H14F3N3O2/c1-9-19-14(23-20-9)12-7-15(17,18)8-21(12)13(22)6-10-2-4-11(16)5-3-10/h2-5,12H,6-8H2,1H3/t12-/m0/s1. The van der Waals surface area contributed by atoms with Crippen LogP contribution in [0.3, 0.4) is 0 Å². The minimum absolute atomic E-state index is 0.00660. The summed E-state index contributed by atoms with van der Waals surface area (Å²) < 4.78 is 45.4. The molecule has 1 aromatic heterocycles. The average molecular weight is 325 g/mol. The lowest BCUT2D eigenvalue weighted by molar-refractivity contribution is -0.133. The van der Waals surface area contributed by atoms with Crippen molar-refractivity contribution in [3.63, 3.8) is 0 Å². The van der Waals surface area contributed by atoms with Gasteiger partial charge in [0.05, 0.1) is 13.0 Å². The van der Waals surface area contributed by atoms with E-state index in [0.717, 1.165) is 4.90 Å². The van der Waals surface area contributed by atoms with Crippen molar-refractivity contribution in [1.82, 2.24) is 15.0 Å². The third kappa shape index (κ3) is 3.35. The zero-order chi connectivity index (χ0) is 16.6. The molecular weight excluding hydrogens is 311 g/mol. The van der Waals surface area contributed by atoms with E-state index in [9.17, 15) is 18.0 Å². The van der Waals surface area contributed by atoms with Crippen molar-refractivity contribution in [1.29, 1.82) is 0 Å². The SMILES string of the molecule is Cc1noc([C@@H]2CC(F)(F)CN2C(=O)Cc2ccc(F)cc2)n1. The first kappa shape index (κ1) is 15.5. The molecule has 122 valence electrons. The zero-order valence-electron chi connectivity index (χ0n) is 12.3. The van der Waals surface area contributed by atoms with Crippen LogP contribution < -0.4 is 0 Å². The molecule has 1 fully saturated rings. The van der Waals surface area contributed by atoms with Crippen LogP contribution in [0.25, 0.3) is 0 Å². The molecule has 0 N–H and O–H groups in total. The molecule has 0 aliphatic carbocycles. The van der Waals surface area contributed by atoms with Crippen molar-refractivity contribution in [2.45, 2.75) is 31.7 Å². The predicted octanol–water partition coefficient (Wildman–Crippen LogP) is 2.67. The summed E-state index contributed by atoms with van der Waals surface area (Å²) in [5, 5.41) is 3.59. The van der Waals surface area contributed by atoms with E-state index in [2.05, 4.69) is 10.1 Å². The Hall–Kier alpha value is -2.38. The van der Waals surface area contributed by atoms with E-state index < -0.39 is 36.7 Å². The van der Waals surface area contributed by atoms with Crippen LogP contribution in [0.2, 0.25) is 0 Å². The fourth-order valence-corrected chi connectivity index (χ4v) is 2.63. The summed E-state index contributed by atoms with van der Waals surface area (Å²) in [6.07, 6.45) is -0.649. The fraction of sp³-hybridized carbons (Fsp3) is 0.400. The highest BCUT2D eigenvalue weighted by Crippen LogP contribution is 2.40. The van der Waals surface area contributed by atoms with Gasteiger partial charge in [-0.15, -0.1) is 0 Å². The lowest BCUT2D eigenvalue weighted by Gasteiger charge is -2.21. The summed E-state index contributed by atoms with van der Waals surface area (Å²) in [7, 11) is 0. The maximum Gasteiger partial charge on any atom is 0.267 e. The summed E-state index contributed by atoms with van der Waals surface area (Å²) >= 11 is 0. The normalized spacial score (nSPS) is 20.0. The molecule has 1 atom stereocenters. The molecule has 1 amide bonds. The monoisotopic (exact) mass is 325 g/mol. The number of aromatic nitrogens is 2. The molecule has 1 aliphatic rings. The number of amides is 1. The van der Waals surface area contributed by atoms with Crippen molar-refractivity contribution in [2.24, 2.45) is 0 Å². The largest absolute Gasteiger partial charge is 0.337 e. The number of rotatable bonds is 3. The van der Waals surface area contributed by atoms with Crippen LogP contribution in [0.15, 0.2) is 28.8 Å². The molecule has 8 heteroatoms. The van der Waals surface area contributed by atoms with Crippen LogP contribution in [0.1, 0.15) is 29.7 Å². The Labute approximate surface area is 130 Å². The van der Waals surface area contributed by atoms with Crippen LogP contribution in [-0.2, 0) is 11.2 Å². The maximum atomic E-state index is 13.8. The molecule has 2 heterocycles. The molecule has 0 saturated carbocycles. The van der Waals surface area contributed by atoms with E-state index in [-0.39, 0.29) is 12.3 Å². The minimum atomic E-state index is -3.01. The number of halogens is 3. The Morgan fingerprint density at radius 2 is 2.09 bits per heavy atom. The van der Waals surface area contributed by atoms with Gasteiger partial charge in [-0.05, 0) is 24.6 Å². The van der Waals surface area contributed by atoms with Crippen LogP contribution >= 0.6 is 0 Å². The van der Waals surface area contributed by atoms with Crippen molar-refractivity contribution in [3.8, 4) is 0 Å². The van der Waals surface area contributed by atoms with Gasteiger partial charge in [-0.1, -0.05) is 17.3 Å². The molecule has 0 spiro atoms. The van der Waals surface area contributed by atoms with Gasteiger partial charge in [0.1, 0.15) is 11.9 Å². The number of hydrogen-bond acceptors (Lipinski definition) is 4. The highest BCUT2D eigenvalue weighted by Gasteiger charge is 2.49. The van der Waals surface area contributed by atoms with Crippen LogP contribution in [-0.4, -0.2) is 33.4 Å². The quantitative estimate of drug-likeness (QED) is 0.870. The van der Waals surface area contributed by atoms with E-state index >= 15 is 0 Å². The van der Waals surface area contributed by atoms with E-state index in [0.29, 0.717) is 11.4 Å². The number of carbonyl (C=O) groups excluding carboxylic acids is 1. The van der Waals surface area contributed by atoms with E-state index in [1.165, 1.54) is 24.3 Å². The maximum absolute atomic E-state index is 13.8. The minimum Gasteiger partial charge on any atom is -0.337 e. The summed E-state index contributed by atoms with van der Waals surface area (Å²) in [5.41, 5.74) is 0.548. The highest BCUT2D eigenvalue weighted by molar-refractivity contribution is 5.79. The predicted molar refractivity (Wildman–Crippen MR) is 73.2 cm³/mol. The van der Waals surface area contributed by atoms with Gasteiger partial charge in [-0.2, -0.15) is 4.98 Å². The molecule has 5 nitrogen and oxygen atoms in total. The Balaban J connectivity index is 1.80. The lowest BCUT2D eigenvalue weighted by Crippen LogP contribution is -2.34.